The van der Waals surface area contributed by atoms with E-state index in [0.29, 0.717) is 6.54 Å². The molecule has 0 aliphatic heterocycles. The second-order valence-electron chi connectivity index (χ2n) is 5.21. The van der Waals surface area contributed by atoms with Gasteiger partial charge in [0.05, 0.1) is 7.11 Å². The summed E-state index contributed by atoms with van der Waals surface area (Å²) in [5.74, 6) is -0.799. The van der Waals surface area contributed by atoms with E-state index in [1.807, 2.05) is 0 Å². The average molecular weight is 288 g/mol. The topological polar surface area (TPSA) is 93.7 Å². The van der Waals surface area contributed by atoms with Crippen molar-refractivity contribution in [1.82, 2.24) is 10.6 Å². The summed E-state index contributed by atoms with van der Waals surface area (Å²) < 4.78 is 9.59. The number of alkyl carbamates (subject to hydrolysis) is 1. The van der Waals surface area contributed by atoms with Crippen LogP contribution in [0.5, 0.6) is 0 Å². The molecule has 1 atom stereocenters. The molecule has 0 fully saturated rings. The molecule has 0 radical (unpaired) electrons. The van der Waals surface area contributed by atoms with Crippen molar-refractivity contribution in [1.29, 1.82) is 0 Å². The Kier molecular flexibility index (Phi) is 7.64. The van der Waals surface area contributed by atoms with Crippen LogP contribution >= 0.6 is 0 Å². The third kappa shape index (κ3) is 8.34. The number of methoxy groups -OCH3 is 1. The van der Waals surface area contributed by atoms with E-state index in [0.717, 1.165) is 0 Å². The fourth-order valence-corrected chi connectivity index (χ4v) is 1.38. The number of hydrogen-bond acceptors (Lipinski definition) is 5. The van der Waals surface area contributed by atoms with Crippen LogP contribution in [0.3, 0.4) is 0 Å². The van der Waals surface area contributed by atoms with Gasteiger partial charge in [0.15, 0.2) is 0 Å². The number of nitrogens with one attached hydrogen (secondary N) is 2. The number of esters is 1. The van der Waals surface area contributed by atoms with Gasteiger partial charge in [0.25, 0.3) is 0 Å². The Morgan fingerprint density at radius 3 is 2.25 bits per heavy atom. The minimum atomic E-state index is -0.830. The van der Waals surface area contributed by atoms with Crippen LogP contribution in [0.2, 0.25) is 0 Å². The second kappa shape index (κ2) is 8.39. The number of carbonyl (C=O) groups excluding carboxylic acids is 3. The van der Waals surface area contributed by atoms with Gasteiger partial charge in [-0.15, -0.1) is 0 Å². The summed E-state index contributed by atoms with van der Waals surface area (Å²) in [7, 11) is 1.27. The predicted molar refractivity (Wildman–Crippen MR) is 73.1 cm³/mol. The van der Waals surface area contributed by atoms with Crippen molar-refractivity contribution in [3.05, 3.63) is 0 Å². The lowest BCUT2D eigenvalue weighted by Crippen LogP contribution is -2.48. The summed E-state index contributed by atoms with van der Waals surface area (Å²) in [4.78, 5) is 34.6. The normalized spacial score (nSPS) is 12.2. The summed E-state index contributed by atoms with van der Waals surface area (Å²) in [6.07, 6.45) is -0.509. The first-order valence-corrected chi connectivity index (χ1v) is 6.53. The van der Waals surface area contributed by atoms with E-state index >= 15 is 0 Å². The van der Waals surface area contributed by atoms with Crippen molar-refractivity contribution in [2.75, 3.05) is 13.7 Å². The van der Waals surface area contributed by atoms with E-state index < -0.39 is 23.7 Å². The summed E-state index contributed by atoms with van der Waals surface area (Å²) >= 11 is 0. The van der Waals surface area contributed by atoms with E-state index in [1.54, 1.807) is 27.7 Å². The number of ether oxygens (including phenoxy) is 2. The monoisotopic (exact) mass is 288 g/mol. The molecule has 0 saturated carbocycles. The van der Waals surface area contributed by atoms with E-state index in [4.69, 9.17) is 4.74 Å². The number of amides is 2. The van der Waals surface area contributed by atoms with Gasteiger partial charge in [-0.1, -0.05) is 0 Å². The minimum absolute atomic E-state index is 0.0358. The highest BCUT2D eigenvalue weighted by Crippen LogP contribution is 2.08. The molecule has 0 rings (SSSR count). The first kappa shape index (κ1) is 18.2. The maximum absolute atomic E-state index is 11.8. The fraction of sp³-hybridized carbons (Fsp3) is 0.769. The Morgan fingerprint density at radius 1 is 1.20 bits per heavy atom. The first-order valence-electron chi connectivity index (χ1n) is 6.53. The van der Waals surface area contributed by atoms with Gasteiger partial charge in [-0.2, -0.15) is 0 Å². The fourth-order valence-electron chi connectivity index (χ4n) is 1.38. The predicted octanol–water partition coefficient (Wildman–Crippen LogP) is 0.969. The summed E-state index contributed by atoms with van der Waals surface area (Å²) in [6, 6.07) is -0.830. The largest absolute Gasteiger partial charge is 0.469 e. The molecule has 0 unspecified atom stereocenters. The molecule has 0 aromatic heterocycles. The second-order valence-corrected chi connectivity index (χ2v) is 5.21. The van der Waals surface area contributed by atoms with Crippen LogP contribution in [-0.2, 0) is 19.1 Å². The zero-order chi connectivity index (χ0) is 15.8. The maximum atomic E-state index is 11.8. The SMILES string of the molecule is CCNC(=O)[C@H](CCC(=O)OC)NC(=O)OC(C)(C)C. The molecule has 7 heteroatoms. The van der Waals surface area contributed by atoms with Crippen LogP contribution in [0.25, 0.3) is 0 Å². The Morgan fingerprint density at radius 2 is 1.80 bits per heavy atom. The van der Waals surface area contributed by atoms with Crippen LogP contribution in [0.4, 0.5) is 4.79 Å². The lowest BCUT2D eigenvalue weighted by Gasteiger charge is -2.23. The average Bonchev–Trinajstić information content (AvgIpc) is 2.31. The highest BCUT2D eigenvalue weighted by atomic mass is 16.6. The molecule has 0 heterocycles. The van der Waals surface area contributed by atoms with Gasteiger partial charge < -0.3 is 20.1 Å². The zero-order valence-electron chi connectivity index (χ0n) is 12.7. The molecule has 0 aliphatic rings. The number of carbonyl (C=O) groups is 3. The van der Waals surface area contributed by atoms with Gasteiger partial charge in [0.2, 0.25) is 5.91 Å². The van der Waals surface area contributed by atoms with Crippen LogP contribution in [0, 0.1) is 0 Å². The van der Waals surface area contributed by atoms with Crippen molar-refractivity contribution >= 4 is 18.0 Å². The Hall–Kier alpha value is -1.79. The Bertz CT molecular complexity index is 349. The van der Waals surface area contributed by atoms with Gasteiger partial charge in [-0.3, -0.25) is 9.59 Å². The molecule has 7 nitrogen and oxygen atoms in total. The Balaban J connectivity index is 4.56. The van der Waals surface area contributed by atoms with Crippen molar-refractivity contribution in [2.45, 2.75) is 52.2 Å². The smallest absolute Gasteiger partial charge is 0.408 e. The zero-order valence-corrected chi connectivity index (χ0v) is 12.7. The molecule has 0 aromatic rings. The number of rotatable bonds is 6. The van der Waals surface area contributed by atoms with Crippen molar-refractivity contribution in [3.63, 3.8) is 0 Å². The molecule has 20 heavy (non-hydrogen) atoms. The van der Waals surface area contributed by atoms with E-state index in [1.165, 1.54) is 7.11 Å². The summed E-state index contributed by atoms with van der Waals surface area (Å²) in [5.41, 5.74) is -0.655. The van der Waals surface area contributed by atoms with Crippen molar-refractivity contribution in [2.24, 2.45) is 0 Å². The lowest BCUT2D eigenvalue weighted by molar-refractivity contribution is -0.141. The molecule has 116 valence electrons. The maximum Gasteiger partial charge on any atom is 0.408 e. The van der Waals surface area contributed by atoms with Crippen LogP contribution < -0.4 is 10.6 Å². The first-order chi connectivity index (χ1) is 9.19. The number of hydrogen-bond donors (Lipinski definition) is 2. The van der Waals surface area contributed by atoms with Crippen molar-refractivity contribution < 1.29 is 23.9 Å². The van der Waals surface area contributed by atoms with E-state index in [2.05, 4.69) is 15.4 Å². The molecule has 2 N–H and O–H groups in total. The molecule has 0 aromatic carbocycles. The number of likely N-dealkylation sites (N-methyl/N-ethyl adjacent to an activating group) is 1. The van der Waals surface area contributed by atoms with Crippen molar-refractivity contribution in [3.8, 4) is 0 Å². The van der Waals surface area contributed by atoms with E-state index in [-0.39, 0.29) is 18.7 Å². The lowest BCUT2D eigenvalue weighted by atomic mass is 10.1. The molecule has 0 saturated heterocycles. The standard InChI is InChI=1S/C13H24N2O5/c1-6-14-11(17)9(7-8-10(16)19-5)15-12(18)20-13(2,3)4/h9H,6-8H2,1-5H3,(H,14,17)(H,15,18)/t9-/m0/s1. The van der Waals surface area contributed by atoms with Crippen LogP contribution in [-0.4, -0.2) is 43.3 Å². The molecule has 2 amide bonds. The third-order valence-electron chi connectivity index (χ3n) is 2.22. The van der Waals surface area contributed by atoms with Gasteiger partial charge in [0, 0.05) is 13.0 Å². The van der Waals surface area contributed by atoms with Crippen LogP contribution in [0.15, 0.2) is 0 Å². The summed E-state index contributed by atoms with van der Waals surface area (Å²) in [5, 5.41) is 5.05. The highest BCUT2D eigenvalue weighted by Gasteiger charge is 2.24. The van der Waals surface area contributed by atoms with Gasteiger partial charge in [-0.05, 0) is 34.1 Å². The Labute approximate surface area is 119 Å². The highest BCUT2D eigenvalue weighted by molar-refractivity contribution is 5.86. The minimum Gasteiger partial charge on any atom is -0.469 e. The van der Waals surface area contributed by atoms with E-state index in [9.17, 15) is 14.4 Å². The van der Waals surface area contributed by atoms with Gasteiger partial charge >= 0.3 is 12.1 Å². The quantitative estimate of drug-likeness (QED) is 0.710. The molecule has 0 spiro atoms. The molecular weight excluding hydrogens is 264 g/mol. The van der Waals surface area contributed by atoms with Gasteiger partial charge in [-0.25, -0.2) is 4.79 Å². The molecular formula is C13H24N2O5. The molecule has 0 bridgehead atoms. The van der Waals surface area contributed by atoms with Crippen LogP contribution in [0.1, 0.15) is 40.5 Å². The van der Waals surface area contributed by atoms with Gasteiger partial charge in [0.1, 0.15) is 11.6 Å². The summed E-state index contributed by atoms with van der Waals surface area (Å²) in [6.45, 7) is 7.37. The third-order valence-corrected chi connectivity index (χ3v) is 2.22. The molecule has 0 aliphatic carbocycles.